The van der Waals surface area contributed by atoms with E-state index in [-0.39, 0.29) is 18.1 Å². The Hall–Kier alpha value is -0.610. The van der Waals surface area contributed by atoms with Crippen LogP contribution >= 0.6 is 0 Å². The molecule has 4 nitrogen and oxygen atoms in total. The van der Waals surface area contributed by atoms with Crippen molar-refractivity contribution in [1.82, 2.24) is 10.6 Å². The molecule has 14 heavy (non-hydrogen) atoms. The molecule has 0 aliphatic carbocycles. The Labute approximate surface area is 84.4 Å². The Kier molecular flexibility index (Phi) is 2.74. The third-order valence-corrected chi connectivity index (χ3v) is 3.37. The lowest BCUT2D eigenvalue weighted by Crippen LogP contribution is -2.56. The Bertz CT molecular complexity index is 214. The van der Waals surface area contributed by atoms with Gasteiger partial charge in [0, 0.05) is 6.54 Å². The van der Waals surface area contributed by atoms with Gasteiger partial charge in [0.1, 0.15) is 6.61 Å². The third-order valence-electron chi connectivity index (χ3n) is 3.37. The second kappa shape index (κ2) is 3.87. The molecule has 4 heteroatoms. The summed E-state index contributed by atoms with van der Waals surface area (Å²) in [5, 5.41) is 6.22. The van der Waals surface area contributed by atoms with Gasteiger partial charge in [-0.3, -0.25) is 4.79 Å². The minimum Gasteiger partial charge on any atom is -0.363 e. The highest BCUT2D eigenvalue weighted by atomic mass is 16.5. The zero-order valence-corrected chi connectivity index (χ0v) is 8.64. The Morgan fingerprint density at radius 1 is 1.43 bits per heavy atom. The first kappa shape index (κ1) is 9.93. The zero-order chi connectivity index (χ0) is 10.0. The topological polar surface area (TPSA) is 50.4 Å². The van der Waals surface area contributed by atoms with E-state index in [4.69, 9.17) is 4.74 Å². The maximum absolute atomic E-state index is 11.0. The first-order valence-corrected chi connectivity index (χ1v) is 5.32. The minimum atomic E-state index is -0.143. The fraction of sp³-hybridized carbons (Fsp3) is 0.900. The van der Waals surface area contributed by atoms with E-state index >= 15 is 0 Å². The van der Waals surface area contributed by atoms with Crippen molar-refractivity contribution < 1.29 is 9.53 Å². The molecule has 2 aliphatic rings. The summed E-state index contributed by atoms with van der Waals surface area (Å²) in [7, 11) is 0. The van der Waals surface area contributed by atoms with Gasteiger partial charge in [-0.15, -0.1) is 0 Å². The number of hydrogen-bond donors (Lipinski definition) is 2. The molecule has 80 valence electrons. The molecule has 2 saturated heterocycles. The fourth-order valence-electron chi connectivity index (χ4n) is 2.30. The van der Waals surface area contributed by atoms with Crippen molar-refractivity contribution in [3.63, 3.8) is 0 Å². The van der Waals surface area contributed by atoms with Crippen molar-refractivity contribution >= 4 is 5.91 Å². The Morgan fingerprint density at radius 3 is 2.71 bits per heavy atom. The van der Waals surface area contributed by atoms with Crippen molar-refractivity contribution in [2.24, 2.45) is 5.92 Å². The lowest BCUT2D eigenvalue weighted by Gasteiger charge is -2.42. The summed E-state index contributed by atoms with van der Waals surface area (Å²) in [6.07, 6.45) is 2.29. The van der Waals surface area contributed by atoms with Gasteiger partial charge >= 0.3 is 0 Å². The molecule has 2 heterocycles. The van der Waals surface area contributed by atoms with Gasteiger partial charge in [0.05, 0.1) is 5.60 Å². The second-order valence-electron chi connectivity index (χ2n) is 4.40. The van der Waals surface area contributed by atoms with Gasteiger partial charge in [-0.1, -0.05) is 0 Å². The zero-order valence-electron chi connectivity index (χ0n) is 8.64. The molecule has 0 saturated carbocycles. The fourth-order valence-corrected chi connectivity index (χ4v) is 2.30. The van der Waals surface area contributed by atoms with E-state index in [0.717, 1.165) is 25.9 Å². The molecule has 0 aromatic heterocycles. The normalized spacial score (nSPS) is 35.4. The molecule has 0 radical (unpaired) electrons. The molecule has 2 rings (SSSR count). The van der Waals surface area contributed by atoms with Gasteiger partial charge in [-0.05, 0) is 38.8 Å². The van der Waals surface area contributed by atoms with E-state index in [0.29, 0.717) is 12.5 Å². The predicted octanol–water partition coefficient (Wildman–Crippen LogP) is -0.109. The van der Waals surface area contributed by atoms with E-state index in [2.05, 4.69) is 17.6 Å². The van der Waals surface area contributed by atoms with Crippen molar-refractivity contribution in [3.05, 3.63) is 0 Å². The van der Waals surface area contributed by atoms with E-state index in [9.17, 15) is 4.79 Å². The third kappa shape index (κ3) is 1.91. The van der Waals surface area contributed by atoms with Crippen molar-refractivity contribution in [2.75, 3.05) is 26.2 Å². The molecule has 0 aromatic rings. The molecule has 2 N–H and O–H groups in total. The summed E-state index contributed by atoms with van der Waals surface area (Å²) in [6.45, 7) is 5.13. The van der Waals surface area contributed by atoms with Crippen LogP contribution in [0.2, 0.25) is 0 Å². The van der Waals surface area contributed by atoms with Crippen LogP contribution in [0.5, 0.6) is 0 Å². The number of morpholine rings is 1. The van der Waals surface area contributed by atoms with Crippen LogP contribution in [0, 0.1) is 5.92 Å². The minimum absolute atomic E-state index is 0.0106. The van der Waals surface area contributed by atoms with E-state index in [1.165, 1.54) is 0 Å². The maximum Gasteiger partial charge on any atom is 0.246 e. The largest absolute Gasteiger partial charge is 0.363 e. The quantitative estimate of drug-likeness (QED) is 0.618. The highest BCUT2D eigenvalue weighted by Gasteiger charge is 2.38. The Balaban J connectivity index is 1.96. The van der Waals surface area contributed by atoms with Crippen LogP contribution < -0.4 is 10.6 Å². The number of rotatable bonds is 1. The van der Waals surface area contributed by atoms with Gasteiger partial charge in [-0.25, -0.2) is 0 Å². The van der Waals surface area contributed by atoms with E-state index in [1.54, 1.807) is 0 Å². The standard InChI is InChI=1S/C10H18N2O2/c1-10(7-12-9(13)6-14-10)8-2-4-11-5-3-8/h8,11H,2-7H2,1H3,(H,12,13). The van der Waals surface area contributed by atoms with Crippen molar-refractivity contribution in [1.29, 1.82) is 0 Å². The molecule has 1 unspecified atom stereocenters. The predicted molar refractivity (Wildman–Crippen MR) is 53.0 cm³/mol. The van der Waals surface area contributed by atoms with Gasteiger partial charge in [0.25, 0.3) is 0 Å². The van der Waals surface area contributed by atoms with Crippen LogP contribution in [0.25, 0.3) is 0 Å². The van der Waals surface area contributed by atoms with Crippen molar-refractivity contribution in [2.45, 2.75) is 25.4 Å². The molecule has 2 aliphatic heterocycles. The average molecular weight is 198 g/mol. The molecule has 0 aromatic carbocycles. The first-order valence-electron chi connectivity index (χ1n) is 5.32. The monoisotopic (exact) mass is 198 g/mol. The Morgan fingerprint density at radius 2 is 2.14 bits per heavy atom. The molecule has 2 fully saturated rings. The van der Waals surface area contributed by atoms with Crippen LogP contribution in [0.4, 0.5) is 0 Å². The van der Waals surface area contributed by atoms with Crippen LogP contribution in [-0.4, -0.2) is 37.7 Å². The molecule has 1 atom stereocenters. The van der Waals surface area contributed by atoms with E-state index < -0.39 is 0 Å². The summed E-state index contributed by atoms with van der Waals surface area (Å²) in [4.78, 5) is 11.0. The van der Waals surface area contributed by atoms with Gasteiger partial charge in [-0.2, -0.15) is 0 Å². The number of carbonyl (C=O) groups is 1. The number of piperidine rings is 1. The number of carbonyl (C=O) groups excluding carboxylic acids is 1. The lowest BCUT2D eigenvalue weighted by molar-refractivity contribution is -0.150. The van der Waals surface area contributed by atoms with Crippen LogP contribution in [0.3, 0.4) is 0 Å². The highest BCUT2D eigenvalue weighted by molar-refractivity contribution is 5.78. The number of hydrogen-bond acceptors (Lipinski definition) is 3. The SMILES string of the molecule is CC1(C2CCNCC2)CNC(=O)CO1. The summed E-state index contributed by atoms with van der Waals surface area (Å²) >= 11 is 0. The van der Waals surface area contributed by atoms with Gasteiger partial charge in [0.2, 0.25) is 5.91 Å². The van der Waals surface area contributed by atoms with Crippen LogP contribution in [0.15, 0.2) is 0 Å². The summed E-state index contributed by atoms with van der Waals surface area (Å²) in [5.41, 5.74) is -0.143. The van der Waals surface area contributed by atoms with Gasteiger partial charge < -0.3 is 15.4 Å². The summed E-state index contributed by atoms with van der Waals surface area (Å²) < 4.78 is 5.68. The second-order valence-corrected chi connectivity index (χ2v) is 4.40. The highest BCUT2D eigenvalue weighted by Crippen LogP contribution is 2.30. The number of ether oxygens (including phenoxy) is 1. The summed E-state index contributed by atoms with van der Waals surface area (Å²) in [5.74, 6) is 0.584. The van der Waals surface area contributed by atoms with Gasteiger partial charge in [0.15, 0.2) is 0 Å². The number of amides is 1. The molecule has 0 spiro atoms. The molecular formula is C10H18N2O2. The average Bonchev–Trinajstić information content (AvgIpc) is 2.24. The number of nitrogens with one attached hydrogen (secondary N) is 2. The maximum atomic E-state index is 11.0. The molecule has 1 amide bonds. The lowest BCUT2D eigenvalue weighted by atomic mass is 9.81. The first-order chi connectivity index (χ1) is 6.71. The molecular weight excluding hydrogens is 180 g/mol. The van der Waals surface area contributed by atoms with Crippen LogP contribution in [0.1, 0.15) is 19.8 Å². The van der Waals surface area contributed by atoms with E-state index in [1.807, 2.05) is 0 Å². The van der Waals surface area contributed by atoms with Crippen molar-refractivity contribution in [3.8, 4) is 0 Å². The summed E-state index contributed by atoms with van der Waals surface area (Å²) in [6, 6.07) is 0. The molecule has 0 bridgehead atoms. The smallest absolute Gasteiger partial charge is 0.246 e. The van der Waals surface area contributed by atoms with Crippen LogP contribution in [-0.2, 0) is 9.53 Å².